The maximum absolute atomic E-state index is 9.31. The molecular formula is C13H21NOS. The van der Waals surface area contributed by atoms with Crippen LogP contribution < -0.4 is 5.32 Å². The molecule has 0 heterocycles. The lowest BCUT2D eigenvalue weighted by molar-refractivity contribution is 0.272. The van der Waals surface area contributed by atoms with Crippen LogP contribution >= 0.6 is 11.8 Å². The van der Waals surface area contributed by atoms with E-state index in [1.54, 1.807) is 0 Å². The number of aliphatic hydroxyl groups is 1. The number of para-hydroxylation sites is 1. The molecule has 0 aliphatic heterocycles. The van der Waals surface area contributed by atoms with Gasteiger partial charge in [0.05, 0.1) is 12.6 Å². The van der Waals surface area contributed by atoms with Gasteiger partial charge in [-0.2, -0.15) is 11.8 Å². The molecule has 0 amide bonds. The molecule has 1 unspecified atom stereocenters. The van der Waals surface area contributed by atoms with Crippen LogP contribution in [0.3, 0.4) is 0 Å². The van der Waals surface area contributed by atoms with Crippen molar-refractivity contribution in [3.63, 3.8) is 0 Å². The van der Waals surface area contributed by atoms with Gasteiger partial charge < -0.3 is 10.4 Å². The van der Waals surface area contributed by atoms with Crippen molar-refractivity contribution in [2.75, 3.05) is 23.4 Å². The quantitative estimate of drug-likeness (QED) is 0.718. The Labute approximate surface area is 102 Å². The monoisotopic (exact) mass is 239 g/mol. The van der Waals surface area contributed by atoms with E-state index in [1.165, 1.54) is 5.56 Å². The zero-order valence-corrected chi connectivity index (χ0v) is 10.9. The van der Waals surface area contributed by atoms with Crippen molar-refractivity contribution < 1.29 is 5.11 Å². The van der Waals surface area contributed by atoms with E-state index in [0.29, 0.717) is 0 Å². The third kappa shape index (κ3) is 4.45. The van der Waals surface area contributed by atoms with E-state index in [1.807, 2.05) is 23.9 Å². The molecule has 0 spiro atoms. The maximum atomic E-state index is 9.31. The van der Waals surface area contributed by atoms with E-state index in [-0.39, 0.29) is 12.6 Å². The summed E-state index contributed by atoms with van der Waals surface area (Å²) in [4.78, 5) is 0. The maximum Gasteiger partial charge on any atom is 0.0633 e. The van der Waals surface area contributed by atoms with E-state index in [9.17, 15) is 5.11 Å². The number of hydrogen-bond donors (Lipinski definition) is 2. The minimum atomic E-state index is 0.167. The van der Waals surface area contributed by atoms with Gasteiger partial charge in [-0.05, 0) is 36.5 Å². The molecule has 0 saturated carbocycles. The summed E-state index contributed by atoms with van der Waals surface area (Å²) in [7, 11) is 0. The third-order valence-electron chi connectivity index (χ3n) is 2.54. The van der Waals surface area contributed by atoms with Gasteiger partial charge >= 0.3 is 0 Å². The normalized spacial score (nSPS) is 12.4. The molecule has 16 heavy (non-hydrogen) atoms. The molecule has 0 saturated heterocycles. The van der Waals surface area contributed by atoms with E-state index in [0.717, 1.165) is 23.6 Å². The van der Waals surface area contributed by atoms with Crippen molar-refractivity contribution in [2.24, 2.45) is 0 Å². The van der Waals surface area contributed by atoms with E-state index in [2.05, 4.69) is 31.3 Å². The number of thioether (sulfide) groups is 1. The average molecular weight is 239 g/mol. The first-order chi connectivity index (χ1) is 7.77. The number of aryl methyl sites for hydroxylation is 1. The summed E-state index contributed by atoms with van der Waals surface area (Å²) in [5.41, 5.74) is 2.35. The van der Waals surface area contributed by atoms with Gasteiger partial charge in [-0.3, -0.25) is 0 Å². The molecule has 2 N–H and O–H groups in total. The van der Waals surface area contributed by atoms with Gasteiger partial charge in [0.1, 0.15) is 0 Å². The molecule has 3 heteroatoms. The Hall–Kier alpha value is -0.670. The van der Waals surface area contributed by atoms with Gasteiger partial charge in [0.2, 0.25) is 0 Å². The number of nitrogens with one attached hydrogen (secondary N) is 1. The smallest absolute Gasteiger partial charge is 0.0633 e. The van der Waals surface area contributed by atoms with Crippen molar-refractivity contribution in [2.45, 2.75) is 26.3 Å². The van der Waals surface area contributed by atoms with Crippen molar-refractivity contribution in [3.05, 3.63) is 29.8 Å². The Morgan fingerprint density at radius 2 is 2.12 bits per heavy atom. The van der Waals surface area contributed by atoms with Crippen LogP contribution in [0.2, 0.25) is 0 Å². The van der Waals surface area contributed by atoms with E-state index >= 15 is 0 Å². The molecule has 0 aromatic heterocycles. The molecule has 2 nitrogen and oxygen atoms in total. The summed E-state index contributed by atoms with van der Waals surface area (Å²) >= 11 is 1.92. The summed E-state index contributed by atoms with van der Waals surface area (Å²) in [6, 6.07) is 8.36. The fourth-order valence-corrected chi connectivity index (χ4v) is 2.27. The second-order valence-electron chi connectivity index (χ2n) is 3.82. The van der Waals surface area contributed by atoms with Crippen LogP contribution in [0.25, 0.3) is 0 Å². The predicted molar refractivity (Wildman–Crippen MR) is 73.3 cm³/mol. The Kier molecular flexibility index (Phi) is 6.34. The standard InChI is InChI=1S/C13H21NOS/c1-3-16-9-8-12(10-15)14-13-7-5-4-6-11(13)2/h4-7,12,14-15H,3,8-10H2,1-2H3. The van der Waals surface area contributed by atoms with Crippen LogP contribution in [0.5, 0.6) is 0 Å². The highest BCUT2D eigenvalue weighted by Crippen LogP contribution is 2.16. The predicted octanol–water partition coefficient (Wildman–Crippen LogP) is 2.91. The van der Waals surface area contributed by atoms with Gasteiger partial charge in [-0.15, -0.1) is 0 Å². The number of benzene rings is 1. The molecule has 0 aliphatic rings. The van der Waals surface area contributed by atoms with Crippen molar-refractivity contribution in [1.29, 1.82) is 0 Å². The molecule has 0 fully saturated rings. The highest BCUT2D eigenvalue weighted by Gasteiger charge is 2.07. The third-order valence-corrected chi connectivity index (χ3v) is 3.47. The van der Waals surface area contributed by atoms with Crippen LogP contribution in [-0.2, 0) is 0 Å². The van der Waals surface area contributed by atoms with Gasteiger partial charge in [0.25, 0.3) is 0 Å². The van der Waals surface area contributed by atoms with Crippen molar-refractivity contribution >= 4 is 17.4 Å². The minimum absolute atomic E-state index is 0.167. The Balaban J connectivity index is 2.46. The molecule has 0 radical (unpaired) electrons. The Bertz CT molecular complexity index is 304. The fraction of sp³-hybridized carbons (Fsp3) is 0.538. The molecule has 1 aromatic rings. The van der Waals surface area contributed by atoms with Gasteiger partial charge in [0, 0.05) is 5.69 Å². The van der Waals surface area contributed by atoms with Crippen LogP contribution in [0.1, 0.15) is 18.9 Å². The molecule has 1 atom stereocenters. The summed E-state index contributed by atoms with van der Waals surface area (Å²) < 4.78 is 0. The van der Waals surface area contributed by atoms with Crippen LogP contribution in [0.4, 0.5) is 5.69 Å². The van der Waals surface area contributed by atoms with Crippen molar-refractivity contribution in [1.82, 2.24) is 0 Å². The highest BCUT2D eigenvalue weighted by atomic mass is 32.2. The first-order valence-electron chi connectivity index (χ1n) is 5.78. The fourth-order valence-electron chi connectivity index (χ4n) is 1.53. The molecule has 90 valence electrons. The molecule has 0 aliphatic carbocycles. The van der Waals surface area contributed by atoms with Crippen molar-refractivity contribution in [3.8, 4) is 0 Å². The van der Waals surface area contributed by atoms with E-state index in [4.69, 9.17) is 0 Å². The first-order valence-corrected chi connectivity index (χ1v) is 6.94. The zero-order chi connectivity index (χ0) is 11.8. The molecule has 0 bridgehead atoms. The number of rotatable bonds is 7. The Morgan fingerprint density at radius 3 is 2.75 bits per heavy atom. The lowest BCUT2D eigenvalue weighted by Crippen LogP contribution is -2.24. The summed E-state index contributed by atoms with van der Waals surface area (Å²) in [6.07, 6.45) is 1.00. The minimum Gasteiger partial charge on any atom is -0.394 e. The average Bonchev–Trinajstić information content (AvgIpc) is 2.30. The summed E-state index contributed by atoms with van der Waals surface area (Å²) in [6.45, 7) is 4.43. The largest absolute Gasteiger partial charge is 0.394 e. The zero-order valence-electron chi connectivity index (χ0n) is 10.1. The summed E-state index contributed by atoms with van der Waals surface area (Å²) in [5, 5.41) is 12.7. The molecule has 1 aromatic carbocycles. The highest BCUT2D eigenvalue weighted by molar-refractivity contribution is 7.99. The SMILES string of the molecule is CCSCCC(CO)Nc1ccccc1C. The molecular weight excluding hydrogens is 218 g/mol. The lowest BCUT2D eigenvalue weighted by Gasteiger charge is -2.18. The second kappa shape index (κ2) is 7.58. The van der Waals surface area contributed by atoms with Gasteiger partial charge in [-0.25, -0.2) is 0 Å². The summed E-state index contributed by atoms with van der Waals surface area (Å²) in [5.74, 6) is 2.24. The number of anilines is 1. The Morgan fingerprint density at radius 1 is 1.38 bits per heavy atom. The topological polar surface area (TPSA) is 32.3 Å². The van der Waals surface area contributed by atoms with Gasteiger partial charge in [0.15, 0.2) is 0 Å². The van der Waals surface area contributed by atoms with Gasteiger partial charge in [-0.1, -0.05) is 25.1 Å². The molecule has 1 rings (SSSR count). The lowest BCUT2D eigenvalue weighted by atomic mass is 10.1. The number of hydrogen-bond acceptors (Lipinski definition) is 3. The van der Waals surface area contributed by atoms with E-state index < -0.39 is 0 Å². The van der Waals surface area contributed by atoms with Crippen LogP contribution in [0.15, 0.2) is 24.3 Å². The first kappa shape index (κ1) is 13.4. The van der Waals surface area contributed by atoms with Crippen LogP contribution in [-0.4, -0.2) is 29.3 Å². The van der Waals surface area contributed by atoms with Crippen LogP contribution in [0, 0.1) is 6.92 Å². The number of aliphatic hydroxyl groups excluding tert-OH is 1. The second-order valence-corrected chi connectivity index (χ2v) is 5.22.